The van der Waals surface area contributed by atoms with Crippen LogP contribution in [0.1, 0.15) is 38.3 Å². The van der Waals surface area contributed by atoms with Gasteiger partial charge in [-0.1, -0.05) is 0 Å². The summed E-state index contributed by atoms with van der Waals surface area (Å²) < 4.78 is 6.85. The van der Waals surface area contributed by atoms with Crippen LogP contribution in [-0.2, 0) is 0 Å². The molecule has 1 aliphatic carbocycles. The van der Waals surface area contributed by atoms with E-state index in [0.29, 0.717) is 5.88 Å². The molecule has 6 heteroatoms. The number of aryl methyl sites for hydroxylation is 1. The van der Waals surface area contributed by atoms with E-state index in [2.05, 4.69) is 38.9 Å². The fraction of sp³-hybridized carbons (Fsp3) is 0.588. The molecule has 0 aromatic carbocycles. The maximum atomic E-state index is 8.96. The van der Waals surface area contributed by atoms with Crippen molar-refractivity contribution in [1.29, 1.82) is 5.26 Å². The Kier molecular flexibility index (Phi) is 6.40. The van der Waals surface area contributed by atoms with E-state index >= 15 is 0 Å². The summed E-state index contributed by atoms with van der Waals surface area (Å²) in [5.74, 6) is 0.797. The normalized spacial score (nSPS) is 21.2. The Hall–Kier alpha value is -1.61. The standard InChI is InChI=1S/C17H23BrN4O/c1-4-22(3)11-20-16-9-15(18)17(21-12(16)2)23-14-7-5-13(10-19)6-8-14/h9,11,13-14H,4-8H2,1-3H3. The molecule has 124 valence electrons. The average molecular weight is 379 g/mol. The minimum Gasteiger partial charge on any atom is -0.474 e. The first kappa shape index (κ1) is 17.7. The summed E-state index contributed by atoms with van der Waals surface area (Å²) in [7, 11) is 1.98. The summed E-state index contributed by atoms with van der Waals surface area (Å²) in [6.45, 7) is 4.92. The molecule has 1 saturated carbocycles. The van der Waals surface area contributed by atoms with Gasteiger partial charge in [0.05, 0.1) is 28.3 Å². The van der Waals surface area contributed by atoms with Crippen LogP contribution in [0.5, 0.6) is 5.88 Å². The van der Waals surface area contributed by atoms with Crippen LogP contribution in [0.2, 0.25) is 0 Å². The van der Waals surface area contributed by atoms with E-state index in [9.17, 15) is 0 Å². The molecule has 0 atom stereocenters. The van der Waals surface area contributed by atoms with Crippen LogP contribution in [0, 0.1) is 24.2 Å². The second-order valence-corrected chi connectivity index (χ2v) is 6.77. The van der Waals surface area contributed by atoms with Gasteiger partial charge < -0.3 is 9.64 Å². The van der Waals surface area contributed by atoms with Gasteiger partial charge >= 0.3 is 0 Å². The highest BCUT2D eigenvalue weighted by Crippen LogP contribution is 2.33. The fourth-order valence-corrected chi connectivity index (χ4v) is 2.87. The Balaban J connectivity index is 2.05. The quantitative estimate of drug-likeness (QED) is 0.568. The summed E-state index contributed by atoms with van der Waals surface area (Å²) in [4.78, 5) is 11.0. The second kappa shape index (κ2) is 8.30. The highest BCUT2D eigenvalue weighted by atomic mass is 79.9. The lowest BCUT2D eigenvalue weighted by Crippen LogP contribution is -2.24. The molecule has 1 aromatic rings. The summed E-state index contributed by atoms with van der Waals surface area (Å²) >= 11 is 3.53. The third-order valence-electron chi connectivity index (χ3n) is 4.14. The van der Waals surface area contributed by atoms with Gasteiger partial charge in [0.2, 0.25) is 5.88 Å². The van der Waals surface area contributed by atoms with Crippen molar-refractivity contribution in [2.45, 2.75) is 45.6 Å². The Morgan fingerprint density at radius 2 is 2.17 bits per heavy atom. The molecule has 0 spiro atoms. The van der Waals surface area contributed by atoms with Gasteiger partial charge in [-0.3, -0.25) is 0 Å². The first-order chi connectivity index (χ1) is 11.0. The lowest BCUT2D eigenvalue weighted by atomic mass is 9.88. The van der Waals surface area contributed by atoms with Crippen LogP contribution in [0.15, 0.2) is 15.5 Å². The van der Waals surface area contributed by atoms with Crippen molar-refractivity contribution < 1.29 is 4.74 Å². The monoisotopic (exact) mass is 378 g/mol. The number of rotatable bonds is 5. The number of ether oxygens (including phenoxy) is 1. The molecule has 1 fully saturated rings. The van der Waals surface area contributed by atoms with Crippen LogP contribution in [0.25, 0.3) is 0 Å². The van der Waals surface area contributed by atoms with Gasteiger partial charge in [0.1, 0.15) is 6.10 Å². The van der Waals surface area contributed by atoms with Crippen molar-refractivity contribution in [3.8, 4) is 11.9 Å². The number of halogens is 1. The van der Waals surface area contributed by atoms with Crippen molar-refractivity contribution in [2.75, 3.05) is 13.6 Å². The molecule has 1 aliphatic rings. The topological polar surface area (TPSA) is 61.5 Å². The zero-order chi connectivity index (χ0) is 16.8. The molecule has 2 rings (SSSR count). The highest BCUT2D eigenvalue weighted by Gasteiger charge is 2.23. The van der Waals surface area contributed by atoms with Gasteiger partial charge in [-0.05, 0) is 61.5 Å². The Morgan fingerprint density at radius 3 is 2.78 bits per heavy atom. The third-order valence-corrected chi connectivity index (χ3v) is 4.70. The second-order valence-electron chi connectivity index (χ2n) is 5.92. The minimum absolute atomic E-state index is 0.142. The molecule has 5 nitrogen and oxygen atoms in total. The van der Waals surface area contributed by atoms with E-state index < -0.39 is 0 Å². The number of aliphatic imine (C=N–C) groups is 1. The first-order valence-electron chi connectivity index (χ1n) is 8.01. The molecule has 0 saturated heterocycles. The molecule has 0 radical (unpaired) electrons. The SMILES string of the molecule is CCN(C)C=Nc1cc(Br)c(OC2CCC(C#N)CC2)nc1C. The predicted octanol–water partition coefficient (Wildman–Crippen LogP) is 4.23. The number of aromatic nitrogens is 1. The van der Waals surface area contributed by atoms with E-state index in [1.54, 1.807) is 6.34 Å². The number of hydrogen-bond acceptors (Lipinski definition) is 4. The van der Waals surface area contributed by atoms with Crippen molar-refractivity contribution in [3.63, 3.8) is 0 Å². The van der Waals surface area contributed by atoms with Gasteiger partial charge in [0, 0.05) is 19.5 Å². The summed E-state index contributed by atoms with van der Waals surface area (Å²) in [5.41, 5.74) is 1.67. The predicted molar refractivity (Wildman–Crippen MR) is 95.1 cm³/mol. The molecule has 0 amide bonds. The van der Waals surface area contributed by atoms with Crippen molar-refractivity contribution >= 4 is 28.0 Å². The van der Waals surface area contributed by atoms with Gasteiger partial charge in [-0.2, -0.15) is 5.26 Å². The smallest absolute Gasteiger partial charge is 0.228 e. The lowest BCUT2D eigenvalue weighted by Gasteiger charge is -2.25. The van der Waals surface area contributed by atoms with Crippen LogP contribution in [0.4, 0.5) is 5.69 Å². The molecule has 23 heavy (non-hydrogen) atoms. The maximum Gasteiger partial charge on any atom is 0.228 e. The molecule has 0 aliphatic heterocycles. The fourth-order valence-electron chi connectivity index (χ4n) is 2.47. The summed E-state index contributed by atoms with van der Waals surface area (Å²) in [6.07, 6.45) is 5.58. The summed E-state index contributed by atoms with van der Waals surface area (Å²) in [5, 5.41) is 8.96. The van der Waals surface area contributed by atoms with E-state index in [1.807, 2.05) is 24.9 Å². The largest absolute Gasteiger partial charge is 0.474 e. The number of pyridine rings is 1. The van der Waals surface area contributed by atoms with Gasteiger partial charge in [-0.15, -0.1) is 0 Å². The van der Waals surface area contributed by atoms with E-state index in [4.69, 9.17) is 10.00 Å². The van der Waals surface area contributed by atoms with E-state index in [1.165, 1.54) is 0 Å². The van der Waals surface area contributed by atoms with Crippen LogP contribution >= 0.6 is 15.9 Å². The Labute approximate surface area is 146 Å². The molecule has 0 unspecified atom stereocenters. The van der Waals surface area contributed by atoms with E-state index in [-0.39, 0.29) is 12.0 Å². The molecular weight excluding hydrogens is 356 g/mol. The van der Waals surface area contributed by atoms with Gasteiger partial charge in [0.25, 0.3) is 0 Å². The van der Waals surface area contributed by atoms with Crippen molar-refractivity contribution in [1.82, 2.24) is 9.88 Å². The van der Waals surface area contributed by atoms with Crippen LogP contribution < -0.4 is 4.74 Å². The van der Waals surface area contributed by atoms with Gasteiger partial charge in [0.15, 0.2) is 0 Å². The maximum absolute atomic E-state index is 8.96. The minimum atomic E-state index is 0.142. The van der Waals surface area contributed by atoms with Crippen molar-refractivity contribution in [3.05, 3.63) is 16.2 Å². The molecule has 0 bridgehead atoms. The third kappa shape index (κ3) is 4.93. The van der Waals surface area contributed by atoms with E-state index in [0.717, 1.165) is 48.1 Å². The molecule has 1 heterocycles. The average Bonchev–Trinajstić information content (AvgIpc) is 2.57. The summed E-state index contributed by atoms with van der Waals surface area (Å²) in [6, 6.07) is 4.29. The molecular formula is C17H23BrN4O. The number of nitriles is 1. The Bertz CT molecular complexity index is 603. The molecule has 1 aromatic heterocycles. The zero-order valence-corrected chi connectivity index (χ0v) is 15.5. The highest BCUT2D eigenvalue weighted by molar-refractivity contribution is 9.10. The molecule has 0 N–H and O–H groups in total. The van der Waals surface area contributed by atoms with Crippen LogP contribution in [0.3, 0.4) is 0 Å². The lowest BCUT2D eigenvalue weighted by molar-refractivity contribution is 0.136. The zero-order valence-electron chi connectivity index (χ0n) is 13.9. The van der Waals surface area contributed by atoms with Gasteiger partial charge in [-0.25, -0.2) is 9.98 Å². The first-order valence-corrected chi connectivity index (χ1v) is 8.80. The number of nitrogens with zero attached hydrogens (tertiary/aromatic N) is 4. The van der Waals surface area contributed by atoms with Crippen molar-refractivity contribution in [2.24, 2.45) is 10.9 Å². The van der Waals surface area contributed by atoms with Crippen LogP contribution in [-0.4, -0.2) is 35.9 Å². The number of hydrogen-bond donors (Lipinski definition) is 0. The Morgan fingerprint density at radius 1 is 1.48 bits per heavy atom.